The number of amides is 1. The standard InChI is InChI=1S/C21H26BrNO3/c1-13(2)14-6-8-16(9-7-14)23-12-15-10-18(25-4)17(11-22)19(26-5)21(15,3)20(23)24/h6-10,13,19H,11-12H2,1-5H3. The SMILES string of the molecule is COC1=C(CBr)C(OC)C2(C)C(=O)N(c3ccc(C(C)C)cc3)CC2=C1. The van der Waals surface area contributed by atoms with Crippen LogP contribution in [-0.4, -0.2) is 38.1 Å². The molecule has 0 aromatic heterocycles. The summed E-state index contributed by atoms with van der Waals surface area (Å²) in [5.41, 5.74) is 3.47. The minimum absolute atomic E-state index is 0.0708. The van der Waals surface area contributed by atoms with Crippen molar-refractivity contribution in [2.75, 3.05) is 31.0 Å². The monoisotopic (exact) mass is 419 g/mol. The number of carbonyl (C=O) groups is 1. The maximum atomic E-state index is 13.4. The van der Waals surface area contributed by atoms with Crippen molar-refractivity contribution >= 4 is 27.5 Å². The summed E-state index contributed by atoms with van der Waals surface area (Å²) in [7, 11) is 3.31. The number of alkyl halides is 1. The van der Waals surface area contributed by atoms with Crippen molar-refractivity contribution in [1.82, 2.24) is 0 Å². The van der Waals surface area contributed by atoms with Crippen LogP contribution in [0.2, 0.25) is 0 Å². The largest absolute Gasteiger partial charge is 0.497 e. The van der Waals surface area contributed by atoms with Gasteiger partial charge < -0.3 is 14.4 Å². The van der Waals surface area contributed by atoms with E-state index in [4.69, 9.17) is 9.47 Å². The maximum Gasteiger partial charge on any atom is 0.240 e. The number of hydrogen-bond donors (Lipinski definition) is 0. The Labute approximate surface area is 164 Å². The molecule has 5 heteroatoms. The lowest BCUT2D eigenvalue weighted by atomic mass is 9.72. The highest BCUT2D eigenvalue weighted by Gasteiger charge is 2.56. The first-order valence-electron chi connectivity index (χ1n) is 8.87. The van der Waals surface area contributed by atoms with Crippen LogP contribution in [0.1, 0.15) is 32.3 Å². The third-order valence-electron chi connectivity index (χ3n) is 5.62. The lowest BCUT2D eigenvalue weighted by molar-refractivity contribution is -0.128. The van der Waals surface area contributed by atoms with E-state index in [9.17, 15) is 4.79 Å². The molecule has 26 heavy (non-hydrogen) atoms. The van der Waals surface area contributed by atoms with Crippen molar-refractivity contribution in [3.8, 4) is 0 Å². The van der Waals surface area contributed by atoms with Crippen LogP contribution in [0.15, 0.2) is 47.2 Å². The zero-order valence-corrected chi connectivity index (χ0v) is 17.6. The fraction of sp³-hybridized carbons (Fsp3) is 0.476. The summed E-state index contributed by atoms with van der Waals surface area (Å²) in [6, 6.07) is 8.27. The molecule has 1 amide bonds. The van der Waals surface area contributed by atoms with Gasteiger partial charge in [-0.3, -0.25) is 4.79 Å². The molecule has 0 N–H and O–H groups in total. The van der Waals surface area contributed by atoms with E-state index in [1.165, 1.54) is 5.56 Å². The lowest BCUT2D eigenvalue weighted by Gasteiger charge is -2.37. The lowest BCUT2D eigenvalue weighted by Crippen LogP contribution is -2.45. The number of methoxy groups -OCH3 is 2. The molecule has 1 aliphatic heterocycles. The number of rotatable bonds is 5. The quantitative estimate of drug-likeness (QED) is 0.663. The molecule has 2 unspecified atom stereocenters. The van der Waals surface area contributed by atoms with Gasteiger partial charge in [0.05, 0.1) is 7.11 Å². The highest BCUT2D eigenvalue weighted by Crippen LogP contribution is 2.48. The number of nitrogens with zero attached hydrogens (tertiary/aromatic N) is 1. The fourth-order valence-electron chi connectivity index (χ4n) is 3.98. The molecule has 1 heterocycles. The van der Waals surface area contributed by atoms with E-state index in [-0.39, 0.29) is 12.0 Å². The average Bonchev–Trinajstić information content (AvgIpc) is 2.91. The summed E-state index contributed by atoms with van der Waals surface area (Å²) >= 11 is 3.52. The van der Waals surface area contributed by atoms with Crippen LogP contribution in [0.5, 0.6) is 0 Å². The molecular formula is C21H26BrNO3. The molecule has 4 nitrogen and oxygen atoms in total. The second-order valence-electron chi connectivity index (χ2n) is 7.35. The number of halogens is 1. The summed E-state index contributed by atoms with van der Waals surface area (Å²) in [4.78, 5) is 15.3. The normalized spacial score (nSPS) is 25.7. The highest BCUT2D eigenvalue weighted by atomic mass is 79.9. The summed E-state index contributed by atoms with van der Waals surface area (Å²) in [5.74, 6) is 1.32. The summed E-state index contributed by atoms with van der Waals surface area (Å²) in [6.07, 6.45) is 1.66. The first-order valence-corrected chi connectivity index (χ1v) is 9.99. The Balaban J connectivity index is 2.01. The van der Waals surface area contributed by atoms with Gasteiger partial charge in [-0.15, -0.1) is 0 Å². The van der Waals surface area contributed by atoms with Crippen molar-refractivity contribution in [2.24, 2.45) is 5.41 Å². The Bertz CT molecular complexity index is 766. The van der Waals surface area contributed by atoms with Gasteiger partial charge in [0.1, 0.15) is 17.3 Å². The number of hydrogen-bond acceptors (Lipinski definition) is 3. The van der Waals surface area contributed by atoms with Gasteiger partial charge in [0.25, 0.3) is 0 Å². The van der Waals surface area contributed by atoms with Crippen molar-refractivity contribution in [1.29, 1.82) is 0 Å². The van der Waals surface area contributed by atoms with E-state index in [0.717, 1.165) is 22.6 Å². The van der Waals surface area contributed by atoms with Crippen LogP contribution in [0.4, 0.5) is 5.69 Å². The van der Waals surface area contributed by atoms with E-state index in [0.29, 0.717) is 17.8 Å². The van der Waals surface area contributed by atoms with Gasteiger partial charge in [0.15, 0.2) is 0 Å². The Morgan fingerprint density at radius 2 is 1.92 bits per heavy atom. The Morgan fingerprint density at radius 1 is 1.27 bits per heavy atom. The van der Waals surface area contributed by atoms with E-state index in [1.54, 1.807) is 14.2 Å². The Kier molecular flexibility index (Phi) is 5.31. The minimum Gasteiger partial charge on any atom is -0.497 e. The van der Waals surface area contributed by atoms with E-state index in [2.05, 4.69) is 41.9 Å². The average molecular weight is 420 g/mol. The first-order chi connectivity index (χ1) is 12.4. The van der Waals surface area contributed by atoms with E-state index < -0.39 is 5.41 Å². The molecule has 0 radical (unpaired) electrons. The van der Waals surface area contributed by atoms with Crippen LogP contribution in [0.3, 0.4) is 0 Å². The molecule has 140 valence electrons. The van der Waals surface area contributed by atoms with Gasteiger partial charge >= 0.3 is 0 Å². The number of ether oxygens (including phenoxy) is 2. The molecule has 1 saturated heterocycles. The Morgan fingerprint density at radius 3 is 2.42 bits per heavy atom. The molecule has 0 saturated carbocycles. The smallest absolute Gasteiger partial charge is 0.240 e. The topological polar surface area (TPSA) is 38.8 Å². The van der Waals surface area contributed by atoms with Gasteiger partial charge in [0, 0.05) is 30.2 Å². The van der Waals surface area contributed by atoms with Crippen molar-refractivity contribution in [3.05, 3.63) is 52.8 Å². The number of anilines is 1. The maximum absolute atomic E-state index is 13.4. The number of benzene rings is 1. The molecule has 1 aromatic rings. The summed E-state index contributed by atoms with van der Waals surface area (Å²) in [6.45, 7) is 6.87. The zero-order valence-electron chi connectivity index (χ0n) is 16.0. The van der Waals surface area contributed by atoms with Crippen LogP contribution in [0.25, 0.3) is 0 Å². The third-order valence-corrected chi connectivity index (χ3v) is 6.22. The van der Waals surface area contributed by atoms with Gasteiger partial charge in [-0.25, -0.2) is 0 Å². The molecular weight excluding hydrogens is 394 g/mol. The van der Waals surface area contributed by atoms with Crippen molar-refractivity contribution in [2.45, 2.75) is 32.8 Å². The van der Waals surface area contributed by atoms with Crippen LogP contribution in [0, 0.1) is 5.41 Å². The zero-order chi connectivity index (χ0) is 19.1. The number of fused-ring (bicyclic) bond motifs is 1. The first kappa shape index (κ1) is 19.2. The van der Waals surface area contributed by atoms with Crippen LogP contribution >= 0.6 is 15.9 Å². The number of carbonyl (C=O) groups excluding carboxylic acids is 1. The van der Waals surface area contributed by atoms with Crippen LogP contribution in [-0.2, 0) is 14.3 Å². The van der Waals surface area contributed by atoms with Gasteiger partial charge in [-0.1, -0.05) is 41.9 Å². The highest BCUT2D eigenvalue weighted by molar-refractivity contribution is 9.09. The van der Waals surface area contributed by atoms with Crippen molar-refractivity contribution < 1.29 is 14.3 Å². The molecule has 0 bridgehead atoms. The van der Waals surface area contributed by atoms with Gasteiger partial charge in [-0.05, 0) is 42.2 Å². The molecule has 1 aromatic carbocycles. The Hall–Kier alpha value is -1.59. The molecule has 3 rings (SSSR count). The predicted molar refractivity (Wildman–Crippen MR) is 108 cm³/mol. The second-order valence-corrected chi connectivity index (χ2v) is 7.91. The minimum atomic E-state index is -0.712. The van der Waals surface area contributed by atoms with Crippen LogP contribution < -0.4 is 4.90 Å². The summed E-state index contributed by atoms with van der Waals surface area (Å²) in [5, 5.41) is 0.602. The third kappa shape index (κ3) is 2.81. The van der Waals surface area contributed by atoms with Crippen molar-refractivity contribution in [3.63, 3.8) is 0 Å². The number of allylic oxidation sites excluding steroid dienone is 1. The van der Waals surface area contributed by atoms with Gasteiger partial charge in [-0.2, -0.15) is 0 Å². The molecule has 1 aliphatic carbocycles. The molecule has 0 spiro atoms. The van der Waals surface area contributed by atoms with Gasteiger partial charge in [0.2, 0.25) is 5.91 Å². The van der Waals surface area contributed by atoms with E-state index in [1.807, 2.05) is 30.0 Å². The molecule has 2 aliphatic rings. The second kappa shape index (κ2) is 7.20. The molecule has 1 fully saturated rings. The van der Waals surface area contributed by atoms with E-state index >= 15 is 0 Å². The fourth-order valence-corrected chi connectivity index (χ4v) is 4.55. The predicted octanol–water partition coefficient (Wildman–Crippen LogP) is 4.41. The summed E-state index contributed by atoms with van der Waals surface area (Å²) < 4.78 is 11.4. The molecule has 2 atom stereocenters.